The molecule has 2 aliphatic heterocycles. The Hall–Kier alpha value is -3.14. The standard InChI is InChI=1S/C27H35N5O4.ClH/c1-27(2,28)25(34)29-23(18-36-17-19-8-4-3-5-9-19)24(33)31-14-12-21(13-15-31)32-16-20-10-6-7-11-22(20)30-26(32)35;/h3-11,21,23H,12-18,28H2,1-2H3,(H,29,34)(H,30,35);1H/t23-;/m1./s1. The van der Waals surface area contributed by atoms with Gasteiger partial charge in [0, 0.05) is 31.4 Å². The highest BCUT2D eigenvalue weighted by Gasteiger charge is 2.35. The first-order valence-corrected chi connectivity index (χ1v) is 12.4. The zero-order valence-corrected chi connectivity index (χ0v) is 22.1. The van der Waals surface area contributed by atoms with Gasteiger partial charge in [0.25, 0.3) is 0 Å². The molecule has 0 unspecified atom stereocenters. The lowest BCUT2D eigenvalue weighted by molar-refractivity contribution is -0.140. The molecular weight excluding hydrogens is 494 g/mol. The maximum Gasteiger partial charge on any atom is 0.322 e. The number of carbonyl (C=O) groups is 3. The Bertz CT molecular complexity index is 1080. The second-order valence-electron chi connectivity index (χ2n) is 10.0. The van der Waals surface area contributed by atoms with Crippen LogP contribution >= 0.6 is 12.4 Å². The molecule has 0 aromatic heterocycles. The number of halogens is 1. The summed E-state index contributed by atoms with van der Waals surface area (Å²) >= 11 is 0. The van der Waals surface area contributed by atoms with Gasteiger partial charge < -0.3 is 30.9 Å². The van der Waals surface area contributed by atoms with Crippen LogP contribution in [0, 0.1) is 0 Å². The van der Waals surface area contributed by atoms with E-state index in [9.17, 15) is 14.4 Å². The molecule has 9 nitrogen and oxygen atoms in total. The van der Waals surface area contributed by atoms with Crippen LogP contribution in [0.5, 0.6) is 0 Å². The third-order valence-electron chi connectivity index (χ3n) is 6.66. The van der Waals surface area contributed by atoms with E-state index < -0.39 is 17.5 Å². The van der Waals surface area contributed by atoms with Crippen LogP contribution in [0.2, 0.25) is 0 Å². The molecule has 0 spiro atoms. The third kappa shape index (κ3) is 7.21. The van der Waals surface area contributed by atoms with Crippen LogP contribution in [0.25, 0.3) is 0 Å². The smallest absolute Gasteiger partial charge is 0.322 e. The molecule has 2 aromatic carbocycles. The number of urea groups is 1. The van der Waals surface area contributed by atoms with Gasteiger partial charge in [-0.25, -0.2) is 4.79 Å². The number of piperidine rings is 1. The van der Waals surface area contributed by atoms with Gasteiger partial charge in [0.05, 0.1) is 18.8 Å². The summed E-state index contributed by atoms with van der Waals surface area (Å²) in [6, 6.07) is 16.5. The summed E-state index contributed by atoms with van der Waals surface area (Å²) in [6.07, 6.45) is 1.32. The van der Waals surface area contributed by atoms with E-state index in [1.807, 2.05) is 59.5 Å². The molecule has 1 atom stereocenters. The van der Waals surface area contributed by atoms with Crippen molar-refractivity contribution in [1.29, 1.82) is 0 Å². The Balaban J connectivity index is 0.00000380. The number of likely N-dealkylation sites (tertiary alicyclic amines) is 1. The van der Waals surface area contributed by atoms with Crippen LogP contribution < -0.4 is 16.4 Å². The first-order chi connectivity index (χ1) is 17.2. The highest BCUT2D eigenvalue weighted by atomic mass is 35.5. The molecule has 200 valence electrons. The molecule has 0 bridgehead atoms. The van der Waals surface area contributed by atoms with Gasteiger partial charge in [-0.15, -0.1) is 12.4 Å². The summed E-state index contributed by atoms with van der Waals surface area (Å²) in [6.45, 7) is 5.11. The first-order valence-electron chi connectivity index (χ1n) is 12.4. The summed E-state index contributed by atoms with van der Waals surface area (Å²) in [7, 11) is 0. The number of para-hydroxylation sites is 1. The average molecular weight is 530 g/mol. The molecule has 10 heteroatoms. The van der Waals surface area contributed by atoms with E-state index >= 15 is 0 Å². The summed E-state index contributed by atoms with van der Waals surface area (Å²) in [5.41, 5.74) is 7.74. The highest BCUT2D eigenvalue weighted by molar-refractivity contribution is 5.93. The second kappa shape index (κ2) is 12.4. The summed E-state index contributed by atoms with van der Waals surface area (Å²) < 4.78 is 5.81. The third-order valence-corrected chi connectivity index (χ3v) is 6.66. The van der Waals surface area contributed by atoms with E-state index in [0.717, 1.165) is 16.8 Å². The van der Waals surface area contributed by atoms with Gasteiger partial charge in [-0.05, 0) is 43.9 Å². The number of nitrogens with one attached hydrogen (secondary N) is 2. The predicted molar refractivity (Wildman–Crippen MR) is 144 cm³/mol. The lowest BCUT2D eigenvalue weighted by atomic mass is 10.00. The van der Waals surface area contributed by atoms with Gasteiger partial charge in [0.15, 0.2) is 0 Å². The molecule has 2 aromatic rings. The van der Waals surface area contributed by atoms with Crippen molar-refractivity contribution in [1.82, 2.24) is 15.1 Å². The van der Waals surface area contributed by atoms with Gasteiger partial charge in [0.1, 0.15) is 6.04 Å². The SMILES string of the molecule is CC(C)(N)C(=O)N[C@H](COCc1ccccc1)C(=O)N1CCC(N2Cc3ccccc3NC2=O)CC1.Cl. The molecule has 1 fully saturated rings. The molecule has 2 heterocycles. The number of amides is 4. The number of ether oxygens (including phenoxy) is 1. The maximum atomic E-state index is 13.4. The fraction of sp³-hybridized carbons (Fsp3) is 0.444. The zero-order valence-electron chi connectivity index (χ0n) is 21.3. The number of nitrogens with two attached hydrogens (primary N) is 1. The highest BCUT2D eigenvalue weighted by Crippen LogP contribution is 2.27. The molecule has 1 saturated heterocycles. The minimum absolute atomic E-state index is 0. The Morgan fingerprint density at radius 3 is 2.43 bits per heavy atom. The largest absolute Gasteiger partial charge is 0.374 e. The van der Waals surface area contributed by atoms with Crippen LogP contribution in [0.4, 0.5) is 10.5 Å². The predicted octanol–water partition coefficient (Wildman–Crippen LogP) is 2.89. The maximum absolute atomic E-state index is 13.4. The van der Waals surface area contributed by atoms with E-state index in [-0.39, 0.29) is 37.0 Å². The number of rotatable bonds is 8. The van der Waals surface area contributed by atoms with Crippen LogP contribution in [-0.4, -0.2) is 65.0 Å². The number of hydrogen-bond acceptors (Lipinski definition) is 5. The minimum atomic E-state index is -1.12. The Kier molecular flexibility index (Phi) is 9.53. The lowest BCUT2D eigenvalue weighted by Crippen LogP contribution is -2.59. The Morgan fingerprint density at radius 1 is 1.11 bits per heavy atom. The molecule has 0 saturated carbocycles. The Morgan fingerprint density at radius 2 is 1.76 bits per heavy atom. The van der Waals surface area contributed by atoms with E-state index in [1.165, 1.54) is 0 Å². The topological polar surface area (TPSA) is 117 Å². The minimum Gasteiger partial charge on any atom is -0.374 e. The molecule has 4 amide bonds. The molecule has 2 aliphatic rings. The van der Waals surface area contributed by atoms with Gasteiger partial charge in [-0.1, -0.05) is 48.5 Å². The van der Waals surface area contributed by atoms with Gasteiger partial charge in [0.2, 0.25) is 11.8 Å². The number of hydrogen-bond donors (Lipinski definition) is 3. The van der Waals surface area contributed by atoms with Crippen molar-refractivity contribution < 1.29 is 19.1 Å². The molecule has 0 aliphatic carbocycles. The van der Waals surface area contributed by atoms with Crippen molar-refractivity contribution in [3.63, 3.8) is 0 Å². The zero-order chi connectivity index (χ0) is 25.7. The van der Waals surface area contributed by atoms with Crippen molar-refractivity contribution >= 4 is 35.9 Å². The van der Waals surface area contributed by atoms with E-state index in [0.29, 0.717) is 39.1 Å². The average Bonchev–Trinajstić information content (AvgIpc) is 2.87. The number of nitrogens with zero attached hydrogens (tertiary/aromatic N) is 2. The fourth-order valence-corrected chi connectivity index (χ4v) is 4.52. The molecule has 4 N–H and O–H groups in total. The van der Waals surface area contributed by atoms with Crippen molar-refractivity contribution in [2.45, 2.75) is 57.5 Å². The quantitative estimate of drug-likeness (QED) is 0.486. The summed E-state index contributed by atoms with van der Waals surface area (Å²) in [4.78, 5) is 42.3. The van der Waals surface area contributed by atoms with Crippen molar-refractivity contribution in [2.24, 2.45) is 5.73 Å². The second-order valence-corrected chi connectivity index (χ2v) is 10.0. The molecule has 37 heavy (non-hydrogen) atoms. The van der Waals surface area contributed by atoms with Crippen LogP contribution in [0.15, 0.2) is 54.6 Å². The lowest BCUT2D eigenvalue weighted by Gasteiger charge is -2.41. The van der Waals surface area contributed by atoms with E-state index in [4.69, 9.17) is 10.5 Å². The fourth-order valence-electron chi connectivity index (χ4n) is 4.52. The van der Waals surface area contributed by atoms with Gasteiger partial charge >= 0.3 is 6.03 Å². The number of fused-ring (bicyclic) bond motifs is 1. The molecular formula is C27H36ClN5O4. The van der Waals surface area contributed by atoms with Crippen LogP contribution in [0.3, 0.4) is 0 Å². The van der Waals surface area contributed by atoms with Crippen molar-refractivity contribution in [3.05, 3.63) is 65.7 Å². The van der Waals surface area contributed by atoms with Crippen LogP contribution in [-0.2, 0) is 27.5 Å². The van der Waals surface area contributed by atoms with Crippen LogP contribution in [0.1, 0.15) is 37.8 Å². The molecule has 0 radical (unpaired) electrons. The Labute approximate surface area is 224 Å². The number of carbonyl (C=O) groups excluding carboxylic acids is 3. The summed E-state index contributed by atoms with van der Waals surface area (Å²) in [5, 5.41) is 5.74. The summed E-state index contributed by atoms with van der Waals surface area (Å²) in [5.74, 6) is -0.616. The van der Waals surface area contributed by atoms with Gasteiger partial charge in [-0.3, -0.25) is 9.59 Å². The van der Waals surface area contributed by atoms with E-state index in [1.54, 1.807) is 18.7 Å². The first kappa shape index (κ1) is 28.4. The molecule has 4 rings (SSSR count). The normalized spacial score (nSPS) is 16.8. The monoisotopic (exact) mass is 529 g/mol. The van der Waals surface area contributed by atoms with E-state index in [2.05, 4.69) is 10.6 Å². The van der Waals surface area contributed by atoms with Crippen molar-refractivity contribution in [2.75, 3.05) is 25.0 Å². The number of anilines is 1. The van der Waals surface area contributed by atoms with Gasteiger partial charge in [-0.2, -0.15) is 0 Å². The van der Waals surface area contributed by atoms with Crippen molar-refractivity contribution in [3.8, 4) is 0 Å². The number of benzene rings is 2.